The first-order valence-corrected chi connectivity index (χ1v) is 8.55. The molecule has 0 saturated heterocycles. The van der Waals surface area contributed by atoms with Gasteiger partial charge in [0.05, 0.1) is 16.8 Å². The van der Waals surface area contributed by atoms with Crippen molar-refractivity contribution in [3.63, 3.8) is 0 Å². The molecule has 0 atom stereocenters. The Bertz CT molecular complexity index is 559. The van der Waals surface area contributed by atoms with E-state index in [4.69, 9.17) is 9.97 Å². The number of aromatic nitrogens is 2. The van der Waals surface area contributed by atoms with Gasteiger partial charge in [-0.25, -0.2) is 9.97 Å². The summed E-state index contributed by atoms with van der Waals surface area (Å²) in [5, 5.41) is 0. The largest absolute Gasteiger partial charge is 0.245 e. The fourth-order valence-corrected chi connectivity index (χ4v) is 3.84. The minimum atomic E-state index is -0.0359. The molecule has 2 nitrogen and oxygen atoms in total. The fourth-order valence-electron chi connectivity index (χ4n) is 3.15. The molecule has 2 heterocycles. The predicted molar refractivity (Wildman–Crippen MR) is 87.7 cm³/mol. The first-order chi connectivity index (χ1) is 9.71. The lowest BCUT2D eigenvalue weighted by Gasteiger charge is -2.36. The third-order valence-electron chi connectivity index (χ3n) is 4.12. The Hall–Kier alpha value is -0.740. The summed E-state index contributed by atoms with van der Waals surface area (Å²) in [5.41, 5.74) is 2.24. The van der Waals surface area contributed by atoms with Crippen LogP contribution < -0.4 is 0 Å². The Kier molecular flexibility index (Phi) is 4.22. The van der Waals surface area contributed by atoms with Crippen LogP contribution in [0.15, 0.2) is 45.6 Å². The van der Waals surface area contributed by atoms with E-state index in [1.807, 2.05) is 12.1 Å². The van der Waals surface area contributed by atoms with Gasteiger partial charge in [-0.3, -0.25) is 0 Å². The van der Waals surface area contributed by atoms with Gasteiger partial charge < -0.3 is 0 Å². The van der Waals surface area contributed by atoms with E-state index in [1.165, 1.54) is 19.3 Å². The summed E-state index contributed by atoms with van der Waals surface area (Å²) in [6, 6.07) is 12.4. The van der Waals surface area contributed by atoms with Crippen LogP contribution >= 0.6 is 31.9 Å². The van der Waals surface area contributed by atoms with E-state index in [2.05, 4.69) is 56.1 Å². The molecule has 1 aliphatic rings. The van der Waals surface area contributed by atoms with Gasteiger partial charge in [0.2, 0.25) is 0 Å². The van der Waals surface area contributed by atoms with E-state index >= 15 is 0 Å². The van der Waals surface area contributed by atoms with Crippen molar-refractivity contribution in [1.82, 2.24) is 9.97 Å². The highest BCUT2D eigenvalue weighted by Gasteiger charge is 2.38. The highest BCUT2D eigenvalue weighted by atomic mass is 79.9. The van der Waals surface area contributed by atoms with Crippen molar-refractivity contribution >= 4 is 31.9 Å². The second kappa shape index (κ2) is 5.94. The molecule has 0 radical (unpaired) electrons. The van der Waals surface area contributed by atoms with E-state index in [0.29, 0.717) is 0 Å². The van der Waals surface area contributed by atoms with Gasteiger partial charge >= 0.3 is 0 Å². The predicted octanol–water partition coefficient (Wildman–Crippen LogP) is 5.25. The molecular formula is C16H16Br2N2. The smallest absolute Gasteiger partial charge is 0.106 e. The zero-order chi connectivity index (χ0) is 14.0. The zero-order valence-corrected chi connectivity index (χ0v) is 14.3. The lowest BCUT2D eigenvalue weighted by molar-refractivity contribution is 0.330. The summed E-state index contributed by atoms with van der Waals surface area (Å²) in [5.74, 6) is 0. The van der Waals surface area contributed by atoms with Crippen LogP contribution in [0.1, 0.15) is 43.5 Å². The van der Waals surface area contributed by atoms with Crippen LogP contribution in [0.2, 0.25) is 0 Å². The van der Waals surface area contributed by atoms with Gasteiger partial charge in [0.15, 0.2) is 0 Å². The number of rotatable bonds is 2. The summed E-state index contributed by atoms with van der Waals surface area (Å²) in [6.07, 6.45) is 6.04. The van der Waals surface area contributed by atoms with E-state index < -0.39 is 0 Å². The molecule has 0 spiro atoms. The van der Waals surface area contributed by atoms with Crippen molar-refractivity contribution in [2.45, 2.75) is 37.5 Å². The van der Waals surface area contributed by atoms with Crippen molar-refractivity contribution in [2.75, 3.05) is 0 Å². The number of nitrogens with zero attached hydrogens (tertiary/aromatic N) is 2. The van der Waals surface area contributed by atoms with E-state index in [-0.39, 0.29) is 5.41 Å². The van der Waals surface area contributed by atoms with E-state index in [9.17, 15) is 0 Å². The van der Waals surface area contributed by atoms with Crippen molar-refractivity contribution in [2.24, 2.45) is 0 Å². The van der Waals surface area contributed by atoms with Crippen LogP contribution in [0.5, 0.6) is 0 Å². The molecule has 0 N–H and O–H groups in total. The molecule has 0 aliphatic heterocycles. The van der Waals surface area contributed by atoms with Crippen LogP contribution in [0.3, 0.4) is 0 Å². The maximum absolute atomic E-state index is 4.74. The number of hydrogen-bond donors (Lipinski definition) is 0. The lowest BCUT2D eigenvalue weighted by atomic mass is 9.69. The summed E-state index contributed by atoms with van der Waals surface area (Å²) in [4.78, 5) is 9.47. The van der Waals surface area contributed by atoms with Crippen molar-refractivity contribution < 1.29 is 0 Å². The van der Waals surface area contributed by atoms with Crippen molar-refractivity contribution in [1.29, 1.82) is 0 Å². The molecule has 1 saturated carbocycles. The van der Waals surface area contributed by atoms with Crippen LogP contribution in [0.4, 0.5) is 0 Å². The lowest BCUT2D eigenvalue weighted by Crippen LogP contribution is -2.32. The standard InChI is InChI=1S/C16H16Br2N2/c17-14-8-4-6-12(19-14)16(10-2-1-3-11-16)13-7-5-9-15(18)20-13/h4-9H,1-3,10-11H2. The summed E-state index contributed by atoms with van der Waals surface area (Å²) >= 11 is 7.00. The normalized spacial score (nSPS) is 17.9. The van der Waals surface area contributed by atoms with Crippen LogP contribution in [-0.2, 0) is 5.41 Å². The monoisotopic (exact) mass is 394 g/mol. The van der Waals surface area contributed by atoms with Crippen molar-refractivity contribution in [3.05, 3.63) is 57.0 Å². The van der Waals surface area contributed by atoms with Crippen LogP contribution in [0.25, 0.3) is 0 Å². The third-order valence-corrected chi connectivity index (χ3v) is 5.00. The Morgan fingerprint density at radius 1 is 0.750 bits per heavy atom. The maximum atomic E-state index is 4.74. The summed E-state index contributed by atoms with van der Waals surface area (Å²) in [7, 11) is 0. The SMILES string of the molecule is Brc1cccc(C2(c3cccc(Br)n3)CCCCC2)n1. The second-order valence-corrected chi connectivity index (χ2v) is 6.96. The highest BCUT2D eigenvalue weighted by molar-refractivity contribution is 9.10. The average Bonchev–Trinajstić information content (AvgIpc) is 2.48. The molecule has 2 aromatic rings. The second-order valence-electron chi connectivity index (χ2n) is 5.33. The Morgan fingerprint density at radius 2 is 1.25 bits per heavy atom. The maximum Gasteiger partial charge on any atom is 0.106 e. The Balaban J connectivity index is 2.13. The molecule has 0 amide bonds. The molecule has 0 unspecified atom stereocenters. The number of pyridine rings is 2. The highest BCUT2D eigenvalue weighted by Crippen LogP contribution is 2.43. The van der Waals surface area contributed by atoms with Gasteiger partial charge in [0, 0.05) is 0 Å². The number of hydrogen-bond acceptors (Lipinski definition) is 2. The topological polar surface area (TPSA) is 25.8 Å². The first-order valence-electron chi connectivity index (χ1n) is 6.97. The Morgan fingerprint density at radius 3 is 1.70 bits per heavy atom. The van der Waals surface area contributed by atoms with Crippen LogP contribution in [-0.4, -0.2) is 9.97 Å². The minimum Gasteiger partial charge on any atom is -0.245 e. The third kappa shape index (κ3) is 2.68. The van der Waals surface area contributed by atoms with Gasteiger partial charge in [0.1, 0.15) is 9.21 Å². The van der Waals surface area contributed by atoms with Gasteiger partial charge in [-0.05, 0) is 69.0 Å². The van der Waals surface area contributed by atoms with Gasteiger partial charge in [-0.1, -0.05) is 31.4 Å². The van der Waals surface area contributed by atoms with E-state index in [0.717, 1.165) is 33.4 Å². The van der Waals surface area contributed by atoms with Crippen LogP contribution in [0, 0.1) is 0 Å². The average molecular weight is 396 g/mol. The van der Waals surface area contributed by atoms with Gasteiger partial charge in [-0.2, -0.15) is 0 Å². The molecule has 0 aromatic carbocycles. The zero-order valence-electron chi connectivity index (χ0n) is 11.1. The molecular weight excluding hydrogens is 380 g/mol. The molecule has 4 heteroatoms. The first kappa shape index (κ1) is 14.2. The molecule has 20 heavy (non-hydrogen) atoms. The molecule has 1 aliphatic carbocycles. The van der Waals surface area contributed by atoms with Crippen molar-refractivity contribution in [3.8, 4) is 0 Å². The van der Waals surface area contributed by atoms with Gasteiger partial charge in [-0.15, -0.1) is 0 Å². The number of halogens is 2. The molecule has 3 rings (SSSR count). The molecule has 0 bridgehead atoms. The summed E-state index contributed by atoms with van der Waals surface area (Å²) in [6.45, 7) is 0. The fraction of sp³-hybridized carbons (Fsp3) is 0.375. The summed E-state index contributed by atoms with van der Waals surface area (Å²) < 4.78 is 1.80. The molecule has 2 aromatic heterocycles. The minimum absolute atomic E-state index is 0.0359. The quantitative estimate of drug-likeness (QED) is 0.648. The van der Waals surface area contributed by atoms with E-state index in [1.54, 1.807) is 0 Å². The molecule has 1 fully saturated rings. The molecule has 104 valence electrons. The van der Waals surface area contributed by atoms with Gasteiger partial charge in [0.25, 0.3) is 0 Å². The Labute approximate surface area is 136 Å².